The zero-order valence-electron chi connectivity index (χ0n) is 14.5. The molecule has 2 fully saturated rings. The van der Waals surface area contributed by atoms with Crippen LogP contribution in [0.25, 0.3) is 10.9 Å². The molecule has 25 heavy (non-hydrogen) atoms. The number of para-hydroxylation sites is 1. The number of anilines is 1. The lowest BCUT2D eigenvalue weighted by molar-refractivity contribution is -0.199. The summed E-state index contributed by atoms with van der Waals surface area (Å²) in [5, 5.41) is 20.8. The van der Waals surface area contributed by atoms with Crippen LogP contribution in [0.5, 0.6) is 0 Å². The van der Waals surface area contributed by atoms with Crippen molar-refractivity contribution in [3.63, 3.8) is 0 Å². The van der Waals surface area contributed by atoms with Gasteiger partial charge in [-0.3, -0.25) is 0 Å². The second-order valence-electron chi connectivity index (χ2n) is 7.07. The molecule has 1 aliphatic carbocycles. The Morgan fingerprint density at radius 3 is 2.80 bits per heavy atom. The molecule has 2 aromatic rings. The van der Waals surface area contributed by atoms with Gasteiger partial charge in [-0.25, -0.2) is 4.98 Å². The number of nitrogens with zero attached hydrogens (tertiary/aromatic N) is 3. The number of hydrogen-bond donors (Lipinski definition) is 1. The molecule has 0 bridgehead atoms. The van der Waals surface area contributed by atoms with Crippen molar-refractivity contribution in [2.24, 2.45) is 5.41 Å². The standard InChI is InChI=1S/C20H23N3O2/c1-2-25-19-12-18(24)20(19)7-9-23(10-8-20)17-11-14(13-21)22-16-6-4-3-5-15(16)17/h3-6,11,18-19,24H,2,7-10,12H2,1H3. The Hall–Kier alpha value is -2.16. The number of fused-ring (bicyclic) bond motifs is 1. The van der Waals surface area contributed by atoms with Crippen molar-refractivity contribution in [2.45, 2.75) is 38.4 Å². The van der Waals surface area contributed by atoms with Gasteiger partial charge in [-0.1, -0.05) is 18.2 Å². The number of piperidine rings is 1. The minimum Gasteiger partial charge on any atom is -0.392 e. The Labute approximate surface area is 147 Å². The van der Waals surface area contributed by atoms with Gasteiger partial charge in [0.2, 0.25) is 0 Å². The van der Waals surface area contributed by atoms with Crippen LogP contribution in [0, 0.1) is 16.7 Å². The SMILES string of the molecule is CCOC1CC(O)C12CCN(c1cc(C#N)nc3ccccc13)CC2. The molecule has 0 amide bonds. The van der Waals surface area contributed by atoms with Crippen LogP contribution in [-0.2, 0) is 4.74 Å². The van der Waals surface area contributed by atoms with Crippen LogP contribution in [0.4, 0.5) is 5.69 Å². The molecule has 2 unspecified atom stereocenters. The first-order valence-electron chi connectivity index (χ1n) is 9.02. The summed E-state index contributed by atoms with van der Waals surface area (Å²) in [5.74, 6) is 0. The second kappa shape index (κ2) is 6.29. The predicted molar refractivity (Wildman–Crippen MR) is 96.4 cm³/mol. The summed E-state index contributed by atoms with van der Waals surface area (Å²) in [6.07, 6.45) is 2.51. The highest BCUT2D eigenvalue weighted by Gasteiger charge is 2.56. The van der Waals surface area contributed by atoms with Gasteiger partial charge in [-0.2, -0.15) is 5.26 Å². The molecule has 2 heterocycles. The molecule has 2 aliphatic rings. The number of benzene rings is 1. The molecule has 1 saturated carbocycles. The topological polar surface area (TPSA) is 69.4 Å². The highest BCUT2D eigenvalue weighted by Crippen LogP contribution is 2.51. The third-order valence-electron chi connectivity index (χ3n) is 5.95. The van der Waals surface area contributed by atoms with Gasteiger partial charge in [0.15, 0.2) is 0 Å². The number of pyridine rings is 1. The maximum Gasteiger partial charge on any atom is 0.143 e. The Kier molecular flexibility index (Phi) is 4.10. The molecule has 1 saturated heterocycles. The average Bonchev–Trinajstić information content (AvgIpc) is 2.67. The van der Waals surface area contributed by atoms with E-state index in [9.17, 15) is 10.4 Å². The Balaban J connectivity index is 1.61. The Morgan fingerprint density at radius 2 is 2.12 bits per heavy atom. The van der Waals surface area contributed by atoms with Crippen LogP contribution in [0.15, 0.2) is 30.3 Å². The fourth-order valence-electron chi connectivity index (χ4n) is 4.46. The van der Waals surface area contributed by atoms with Crippen LogP contribution in [0.3, 0.4) is 0 Å². The number of ether oxygens (including phenoxy) is 1. The first kappa shape index (κ1) is 16.3. The first-order chi connectivity index (χ1) is 12.2. The fourth-order valence-corrected chi connectivity index (χ4v) is 4.46. The lowest BCUT2D eigenvalue weighted by atomic mass is 9.58. The van der Waals surface area contributed by atoms with Crippen molar-refractivity contribution < 1.29 is 9.84 Å². The van der Waals surface area contributed by atoms with Crippen LogP contribution in [0.1, 0.15) is 31.9 Å². The van der Waals surface area contributed by atoms with E-state index in [0.717, 1.165) is 48.9 Å². The number of hydrogen-bond acceptors (Lipinski definition) is 5. The van der Waals surface area contributed by atoms with Crippen molar-refractivity contribution in [1.82, 2.24) is 4.98 Å². The minimum atomic E-state index is -0.255. The Morgan fingerprint density at radius 1 is 1.36 bits per heavy atom. The first-order valence-corrected chi connectivity index (χ1v) is 9.02. The lowest BCUT2D eigenvalue weighted by Crippen LogP contribution is -2.62. The molecule has 130 valence electrons. The molecule has 0 radical (unpaired) electrons. The minimum absolute atomic E-state index is 0.0899. The van der Waals surface area contributed by atoms with Gasteiger partial charge < -0.3 is 14.7 Å². The number of rotatable bonds is 3. The normalized spacial score (nSPS) is 24.9. The van der Waals surface area contributed by atoms with Crippen LogP contribution in [0.2, 0.25) is 0 Å². The zero-order valence-corrected chi connectivity index (χ0v) is 14.5. The van der Waals surface area contributed by atoms with Crippen molar-refractivity contribution in [2.75, 3.05) is 24.6 Å². The monoisotopic (exact) mass is 337 g/mol. The van der Waals surface area contributed by atoms with Gasteiger partial charge in [0.05, 0.1) is 17.7 Å². The van der Waals surface area contributed by atoms with E-state index >= 15 is 0 Å². The van der Waals surface area contributed by atoms with Crippen molar-refractivity contribution in [3.8, 4) is 6.07 Å². The summed E-state index contributed by atoms with van der Waals surface area (Å²) < 4.78 is 5.86. The summed E-state index contributed by atoms with van der Waals surface area (Å²) in [5.41, 5.74) is 2.28. The van der Waals surface area contributed by atoms with E-state index in [-0.39, 0.29) is 17.6 Å². The summed E-state index contributed by atoms with van der Waals surface area (Å²) in [4.78, 5) is 6.73. The molecule has 4 rings (SSSR count). The van der Waals surface area contributed by atoms with E-state index < -0.39 is 0 Å². The van der Waals surface area contributed by atoms with E-state index in [0.29, 0.717) is 12.3 Å². The highest BCUT2D eigenvalue weighted by atomic mass is 16.5. The predicted octanol–water partition coefficient (Wildman–Crippen LogP) is 2.86. The smallest absolute Gasteiger partial charge is 0.143 e. The average molecular weight is 337 g/mol. The molecule has 2 atom stereocenters. The van der Waals surface area contributed by atoms with Crippen LogP contribution >= 0.6 is 0 Å². The number of aromatic nitrogens is 1. The molecular formula is C20H23N3O2. The number of nitriles is 1. The lowest BCUT2D eigenvalue weighted by Gasteiger charge is -2.57. The molecule has 5 nitrogen and oxygen atoms in total. The van der Waals surface area contributed by atoms with Crippen molar-refractivity contribution in [3.05, 3.63) is 36.0 Å². The molecule has 1 aliphatic heterocycles. The van der Waals surface area contributed by atoms with Crippen LogP contribution < -0.4 is 4.90 Å². The molecule has 1 spiro atoms. The van der Waals surface area contributed by atoms with Crippen LogP contribution in [-0.4, -0.2) is 42.0 Å². The molecule has 1 aromatic heterocycles. The second-order valence-corrected chi connectivity index (χ2v) is 7.07. The van der Waals surface area contributed by atoms with Gasteiger partial charge in [-0.15, -0.1) is 0 Å². The third-order valence-corrected chi connectivity index (χ3v) is 5.95. The van der Waals surface area contributed by atoms with E-state index in [1.807, 2.05) is 31.2 Å². The maximum atomic E-state index is 10.4. The number of aliphatic hydroxyl groups excluding tert-OH is 1. The zero-order chi connectivity index (χ0) is 17.4. The van der Waals surface area contributed by atoms with E-state index in [4.69, 9.17) is 4.74 Å². The summed E-state index contributed by atoms with van der Waals surface area (Å²) >= 11 is 0. The molecule has 1 aromatic carbocycles. The van der Waals surface area contributed by atoms with E-state index in [2.05, 4.69) is 22.0 Å². The van der Waals surface area contributed by atoms with Gasteiger partial charge in [-0.05, 0) is 31.9 Å². The quantitative estimate of drug-likeness (QED) is 0.933. The van der Waals surface area contributed by atoms with Gasteiger partial charge >= 0.3 is 0 Å². The fraction of sp³-hybridized carbons (Fsp3) is 0.500. The highest BCUT2D eigenvalue weighted by molar-refractivity contribution is 5.92. The van der Waals surface area contributed by atoms with Gasteiger partial charge in [0.1, 0.15) is 11.8 Å². The Bertz CT molecular complexity index is 819. The molecule has 5 heteroatoms. The molecular weight excluding hydrogens is 314 g/mol. The largest absolute Gasteiger partial charge is 0.392 e. The van der Waals surface area contributed by atoms with Crippen molar-refractivity contribution in [1.29, 1.82) is 5.26 Å². The summed E-state index contributed by atoms with van der Waals surface area (Å²) in [7, 11) is 0. The van der Waals surface area contributed by atoms with E-state index in [1.54, 1.807) is 0 Å². The summed E-state index contributed by atoms with van der Waals surface area (Å²) in [6, 6.07) is 12.0. The van der Waals surface area contributed by atoms with Gasteiger partial charge in [0, 0.05) is 42.6 Å². The number of aliphatic hydroxyl groups is 1. The maximum absolute atomic E-state index is 10.4. The van der Waals surface area contributed by atoms with E-state index in [1.165, 1.54) is 0 Å². The van der Waals surface area contributed by atoms with Crippen molar-refractivity contribution >= 4 is 16.6 Å². The third kappa shape index (κ3) is 2.57. The summed E-state index contributed by atoms with van der Waals surface area (Å²) in [6.45, 7) is 4.43. The molecule has 1 N–H and O–H groups in total. The van der Waals surface area contributed by atoms with Gasteiger partial charge in [0.25, 0.3) is 0 Å².